The van der Waals surface area contributed by atoms with Crippen molar-refractivity contribution in [3.8, 4) is 0 Å². The second-order valence-corrected chi connectivity index (χ2v) is 10.4. The van der Waals surface area contributed by atoms with Crippen LogP contribution in [0.15, 0.2) is 64.7 Å². The summed E-state index contributed by atoms with van der Waals surface area (Å²) in [6.07, 6.45) is 1.75. The van der Waals surface area contributed by atoms with Crippen LogP contribution in [0.1, 0.15) is 47.2 Å². The Bertz CT molecular complexity index is 1190. The SMILES string of the molecule is C=CCn1c(SCC(=O)Nc2c(C)cc(Br)cc2C)nnc1[C@@H](NC(=O)c1ccccc1)C(C)C. The molecule has 9 heteroatoms. The first kappa shape index (κ1) is 26.7. The van der Waals surface area contributed by atoms with Crippen molar-refractivity contribution < 1.29 is 9.59 Å². The second kappa shape index (κ2) is 12.2. The smallest absolute Gasteiger partial charge is 0.251 e. The molecule has 0 aliphatic rings. The lowest BCUT2D eigenvalue weighted by Crippen LogP contribution is -2.33. The Morgan fingerprint density at radius 3 is 2.40 bits per heavy atom. The predicted octanol–water partition coefficient (Wildman–Crippen LogP) is 5.70. The van der Waals surface area contributed by atoms with Gasteiger partial charge in [-0.15, -0.1) is 16.8 Å². The first-order valence-electron chi connectivity index (χ1n) is 11.3. The number of thioether (sulfide) groups is 1. The van der Waals surface area contributed by atoms with Crippen molar-refractivity contribution in [3.63, 3.8) is 0 Å². The quantitative estimate of drug-likeness (QED) is 0.247. The first-order chi connectivity index (χ1) is 16.7. The zero-order chi connectivity index (χ0) is 25.5. The Morgan fingerprint density at radius 2 is 1.80 bits per heavy atom. The number of hydrogen-bond donors (Lipinski definition) is 2. The molecule has 0 saturated heterocycles. The highest BCUT2D eigenvalue weighted by Gasteiger charge is 2.26. The second-order valence-electron chi connectivity index (χ2n) is 8.55. The molecule has 1 heterocycles. The lowest BCUT2D eigenvalue weighted by Gasteiger charge is -2.22. The largest absolute Gasteiger partial charge is 0.342 e. The molecule has 0 fully saturated rings. The molecule has 7 nitrogen and oxygen atoms in total. The molecule has 0 saturated carbocycles. The summed E-state index contributed by atoms with van der Waals surface area (Å²) in [7, 11) is 0. The number of benzene rings is 2. The Morgan fingerprint density at radius 1 is 1.14 bits per heavy atom. The van der Waals surface area contributed by atoms with Crippen molar-refractivity contribution >= 4 is 45.2 Å². The Hall–Kier alpha value is -2.91. The van der Waals surface area contributed by atoms with E-state index in [1.807, 2.05) is 62.6 Å². The van der Waals surface area contributed by atoms with Gasteiger partial charge >= 0.3 is 0 Å². The van der Waals surface area contributed by atoms with Crippen LogP contribution in [0.3, 0.4) is 0 Å². The van der Waals surface area contributed by atoms with E-state index < -0.39 is 0 Å². The maximum Gasteiger partial charge on any atom is 0.251 e. The minimum atomic E-state index is -0.355. The van der Waals surface area contributed by atoms with Gasteiger partial charge < -0.3 is 15.2 Å². The number of halogens is 1. The van der Waals surface area contributed by atoms with Gasteiger partial charge in [0.15, 0.2) is 11.0 Å². The fourth-order valence-electron chi connectivity index (χ4n) is 3.69. The Labute approximate surface area is 218 Å². The summed E-state index contributed by atoms with van der Waals surface area (Å²) in [5.74, 6) is 0.571. The summed E-state index contributed by atoms with van der Waals surface area (Å²) < 4.78 is 2.88. The summed E-state index contributed by atoms with van der Waals surface area (Å²) in [5, 5.41) is 15.4. The number of anilines is 1. The fraction of sp³-hybridized carbons (Fsp3) is 0.308. The molecule has 184 valence electrons. The van der Waals surface area contributed by atoms with Crippen LogP contribution in [0.2, 0.25) is 0 Å². The number of hydrogen-bond acceptors (Lipinski definition) is 5. The molecule has 1 aromatic heterocycles. The minimum absolute atomic E-state index is 0.0694. The van der Waals surface area contributed by atoms with E-state index in [1.54, 1.807) is 18.2 Å². The van der Waals surface area contributed by atoms with Gasteiger partial charge in [0.2, 0.25) is 5.91 Å². The highest BCUT2D eigenvalue weighted by Crippen LogP contribution is 2.27. The Kier molecular flexibility index (Phi) is 9.28. The van der Waals surface area contributed by atoms with E-state index in [9.17, 15) is 9.59 Å². The summed E-state index contributed by atoms with van der Waals surface area (Å²) in [6, 6.07) is 12.7. The summed E-state index contributed by atoms with van der Waals surface area (Å²) >= 11 is 4.78. The van der Waals surface area contributed by atoms with Crippen molar-refractivity contribution in [1.29, 1.82) is 0 Å². The van der Waals surface area contributed by atoms with E-state index >= 15 is 0 Å². The lowest BCUT2D eigenvalue weighted by molar-refractivity contribution is -0.113. The Balaban J connectivity index is 1.76. The summed E-state index contributed by atoms with van der Waals surface area (Å²) in [5.41, 5.74) is 3.37. The molecule has 3 aromatic rings. The average Bonchev–Trinajstić information content (AvgIpc) is 3.21. The van der Waals surface area contributed by atoms with E-state index in [4.69, 9.17) is 0 Å². The fourth-order valence-corrected chi connectivity index (χ4v) is 5.14. The predicted molar refractivity (Wildman–Crippen MR) is 145 cm³/mol. The van der Waals surface area contributed by atoms with E-state index in [1.165, 1.54) is 11.8 Å². The van der Waals surface area contributed by atoms with Crippen LogP contribution in [0.4, 0.5) is 5.69 Å². The highest BCUT2D eigenvalue weighted by atomic mass is 79.9. The van der Waals surface area contributed by atoms with Gasteiger partial charge in [-0.1, -0.05) is 65.8 Å². The van der Waals surface area contributed by atoms with Crippen molar-refractivity contribution in [3.05, 3.63) is 82.1 Å². The van der Waals surface area contributed by atoms with E-state index in [-0.39, 0.29) is 29.5 Å². The number of amides is 2. The van der Waals surface area contributed by atoms with Gasteiger partial charge in [-0.25, -0.2) is 0 Å². The highest BCUT2D eigenvalue weighted by molar-refractivity contribution is 9.10. The molecule has 35 heavy (non-hydrogen) atoms. The number of nitrogens with zero attached hydrogens (tertiary/aromatic N) is 3. The van der Waals surface area contributed by atoms with Gasteiger partial charge in [0.25, 0.3) is 5.91 Å². The molecular formula is C26H30BrN5O2S. The minimum Gasteiger partial charge on any atom is -0.342 e. The molecule has 2 amide bonds. The molecule has 0 radical (unpaired) electrons. The lowest BCUT2D eigenvalue weighted by atomic mass is 10.0. The van der Waals surface area contributed by atoms with Crippen molar-refractivity contribution in [1.82, 2.24) is 20.1 Å². The molecule has 0 unspecified atom stereocenters. The third-order valence-electron chi connectivity index (χ3n) is 5.42. The van der Waals surface area contributed by atoms with Gasteiger partial charge in [0.1, 0.15) is 0 Å². The van der Waals surface area contributed by atoms with Crippen molar-refractivity contribution in [2.45, 2.75) is 45.4 Å². The first-order valence-corrected chi connectivity index (χ1v) is 13.1. The van der Waals surface area contributed by atoms with Crippen LogP contribution in [-0.4, -0.2) is 32.3 Å². The van der Waals surface area contributed by atoms with Gasteiger partial charge in [-0.2, -0.15) is 0 Å². The number of allylic oxidation sites excluding steroid dienone is 1. The van der Waals surface area contributed by atoms with Crippen LogP contribution < -0.4 is 10.6 Å². The van der Waals surface area contributed by atoms with Crippen LogP contribution in [0.5, 0.6) is 0 Å². The van der Waals surface area contributed by atoms with Crippen molar-refractivity contribution in [2.75, 3.05) is 11.1 Å². The number of rotatable bonds is 10. The molecule has 2 N–H and O–H groups in total. The molecule has 1 atom stereocenters. The number of aryl methyl sites for hydroxylation is 2. The zero-order valence-corrected chi connectivity index (χ0v) is 22.7. The van der Waals surface area contributed by atoms with Crippen LogP contribution in [0.25, 0.3) is 0 Å². The average molecular weight is 557 g/mol. The van der Waals surface area contributed by atoms with E-state index in [0.29, 0.717) is 23.1 Å². The molecule has 0 aliphatic heterocycles. The summed E-state index contributed by atoms with van der Waals surface area (Å²) in [4.78, 5) is 25.5. The number of carbonyl (C=O) groups excluding carboxylic acids is 2. The number of nitrogens with one attached hydrogen (secondary N) is 2. The molecule has 3 rings (SSSR count). The molecule has 0 spiro atoms. The van der Waals surface area contributed by atoms with E-state index in [0.717, 1.165) is 21.3 Å². The normalized spacial score (nSPS) is 11.8. The third kappa shape index (κ3) is 6.82. The van der Waals surface area contributed by atoms with Gasteiger partial charge in [0, 0.05) is 22.3 Å². The zero-order valence-electron chi connectivity index (χ0n) is 20.3. The topological polar surface area (TPSA) is 88.9 Å². The molecule has 0 bridgehead atoms. The van der Waals surface area contributed by atoms with Crippen LogP contribution in [-0.2, 0) is 11.3 Å². The molecule has 0 aliphatic carbocycles. The monoisotopic (exact) mass is 555 g/mol. The van der Waals surface area contributed by atoms with Crippen LogP contribution >= 0.6 is 27.7 Å². The molecular weight excluding hydrogens is 526 g/mol. The maximum absolute atomic E-state index is 12.8. The van der Waals surface area contributed by atoms with Gasteiger partial charge in [-0.05, 0) is 55.2 Å². The summed E-state index contributed by atoms with van der Waals surface area (Å²) in [6.45, 7) is 12.3. The third-order valence-corrected chi connectivity index (χ3v) is 6.84. The van der Waals surface area contributed by atoms with Gasteiger partial charge in [0.05, 0.1) is 11.8 Å². The maximum atomic E-state index is 12.8. The van der Waals surface area contributed by atoms with Crippen molar-refractivity contribution in [2.24, 2.45) is 5.92 Å². The number of carbonyl (C=O) groups is 2. The van der Waals surface area contributed by atoms with Gasteiger partial charge in [-0.3, -0.25) is 9.59 Å². The standard InChI is InChI=1S/C26H30BrN5O2S/c1-6-12-32-24(22(16(2)3)29-25(34)19-10-8-7-9-11-19)30-31-26(32)35-15-21(33)28-23-17(4)13-20(27)14-18(23)5/h6-11,13-14,16,22H,1,12,15H2,2-5H3,(H,28,33)(H,29,34)/t22-/m0/s1. The number of aromatic nitrogens is 3. The van der Waals surface area contributed by atoms with Crippen LogP contribution in [0, 0.1) is 19.8 Å². The molecule has 2 aromatic carbocycles. The van der Waals surface area contributed by atoms with E-state index in [2.05, 4.69) is 43.3 Å².